The second-order valence-corrected chi connectivity index (χ2v) is 9.94. The summed E-state index contributed by atoms with van der Waals surface area (Å²) in [6, 6.07) is 29.1. The van der Waals surface area contributed by atoms with E-state index in [1.807, 2.05) is 24.3 Å². The van der Waals surface area contributed by atoms with Gasteiger partial charge in [-0.25, -0.2) is 4.79 Å². The number of hydrogen-bond donors (Lipinski definition) is 2. The largest absolute Gasteiger partial charge is 0.494 e. The van der Waals surface area contributed by atoms with E-state index in [1.54, 1.807) is 83.8 Å². The van der Waals surface area contributed by atoms with E-state index in [-0.39, 0.29) is 18.1 Å². The number of para-hydroxylation sites is 1. The number of carbonyl (C=O) groups is 3. The van der Waals surface area contributed by atoms with Crippen LogP contribution in [0.15, 0.2) is 116 Å². The van der Waals surface area contributed by atoms with Crippen molar-refractivity contribution in [2.24, 2.45) is 0 Å². The van der Waals surface area contributed by atoms with Gasteiger partial charge < -0.3 is 20.1 Å². The molecule has 1 atom stereocenters. The first-order valence-corrected chi connectivity index (χ1v) is 13.8. The molecule has 1 amide bonds. The van der Waals surface area contributed by atoms with Gasteiger partial charge in [0.25, 0.3) is 0 Å². The molecule has 0 aliphatic rings. The lowest BCUT2D eigenvalue weighted by Gasteiger charge is -2.21. The van der Waals surface area contributed by atoms with Gasteiger partial charge in [0, 0.05) is 40.5 Å². The number of carbonyl (C=O) groups excluding carboxylic acids is 2. The van der Waals surface area contributed by atoms with Crippen molar-refractivity contribution in [2.75, 3.05) is 23.4 Å². The number of hydrogen-bond acceptors (Lipinski definition) is 5. The smallest absolute Gasteiger partial charge is 0.326 e. The fraction of sp³-hybridized carbons (Fsp3) is 0.147. The number of amides is 1. The summed E-state index contributed by atoms with van der Waals surface area (Å²) < 4.78 is 5.86. The zero-order chi connectivity index (χ0) is 29.9. The van der Waals surface area contributed by atoms with Crippen molar-refractivity contribution in [1.29, 1.82) is 0 Å². The highest BCUT2D eigenvalue weighted by Crippen LogP contribution is 2.23. The van der Waals surface area contributed by atoms with E-state index in [1.165, 1.54) is 6.08 Å². The average Bonchev–Trinajstić information content (AvgIpc) is 3.01. The van der Waals surface area contributed by atoms with Crippen molar-refractivity contribution in [3.05, 3.63) is 137 Å². The molecule has 0 unspecified atom stereocenters. The molecule has 214 valence electrons. The molecule has 0 heterocycles. The number of aliphatic carboxylic acids is 1. The molecule has 8 heteroatoms. The number of benzene rings is 4. The molecule has 2 N–H and O–H groups in total. The highest BCUT2D eigenvalue weighted by atomic mass is 35.5. The zero-order valence-electron chi connectivity index (χ0n) is 22.9. The average molecular weight is 583 g/mol. The van der Waals surface area contributed by atoms with Gasteiger partial charge in [0.1, 0.15) is 11.8 Å². The van der Waals surface area contributed by atoms with E-state index in [9.17, 15) is 19.5 Å². The van der Waals surface area contributed by atoms with Crippen LogP contribution >= 0.6 is 11.6 Å². The molecule has 0 fully saturated rings. The second kappa shape index (κ2) is 14.7. The number of ketones is 1. The lowest BCUT2D eigenvalue weighted by Crippen LogP contribution is -2.32. The van der Waals surface area contributed by atoms with Gasteiger partial charge in [-0.3, -0.25) is 9.59 Å². The van der Waals surface area contributed by atoms with Crippen LogP contribution in [0.2, 0.25) is 5.02 Å². The number of carboxylic acids is 1. The number of halogens is 1. The lowest BCUT2D eigenvalue weighted by molar-refractivity contribution is -0.137. The maximum absolute atomic E-state index is 13.1. The van der Waals surface area contributed by atoms with Crippen LogP contribution in [0.4, 0.5) is 11.4 Å². The van der Waals surface area contributed by atoms with Crippen LogP contribution in [0.25, 0.3) is 0 Å². The van der Waals surface area contributed by atoms with E-state index in [0.29, 0.717) is 52.8 Å². The summed E-state index contributed by atoms with van der Waals surface area (Å²) in [6.07, 6.45) is 2.03. The van der Waals surface area contributed by atoms with Crippen molar-refractivity contribution in [2.45, 2.75) is 18.9 Å². The number of nitrogens with zero attached hydrogens (tertiary/aromatic N) is 1. The Morgan fingerprint density at radius 2 is 1.64 bits per heavy atom. The minimum Gasteiger partial charge on any atom is -0.494 e. The van der Waals surface area contributed by atoms with E-state index in [4.69, 9.17) is 16.3 Å². The van der Waals surface area contributed by atoms with Gasteiger partial charge in [0.05, 0.1) is 6.61 Å². The highest BCUT2D eigenvalue weighted by Gasteiger charge is 2.21. The molecule has 0 aliphatic carbocycles. The quantitative estimate of drug-likeness (QED) is 0.0979. The standard InChI is InChI=1S/C34H31ClN2O5/c1-2-32(38)37(27-13-8-12-26(35)23-27)20-9-21-42-28-18-16-24(17-19-28)22-31(34(40)41)36-30-15-7-6-14-29(30)33(39)25-10-4-3-5-11-25/h2-8,10-19,23,31,36H,1,9,20-22H2,(H,40,41)/t31-/m0/s1. The van der Waals surface area contributed by atoms with Gasteiger partial charge >= 0.3 is 5.97 Å². The van der Waals surface area contributed by atoms with Crippen molar-refractivity contribution in [3.63, 3.8) is 0 Å². The number of anilines is 2. The van der Waals surface area contributed by atoms with E-state index in [2.05, 4.69) is 11.9 Å². The van der Waals surface area contributed by atoms with Crippen LogP contribution in [0.5, 0.6) is 5.75 Å². The molecule has 42 heavy (non-hydrogen) atoms. The second-order valence-electron chi connectivity index (χ2n) is 9.50. The third-order valence-corrected chi connectivity index (χ3v) is 6.79. The van der Waals surface area contributed by atoms with E-state index < -0.39 is 12.0 Å². The molecule has 0 radical (unpaired) electrons. The number of rotatable bonds is 14. The molecule has 7 nitrogen and oxygen atoms in total. The molecule has 0 saturated heterocycles. The number of carboxylic acid groups (broad SMARTS) is 1. The Bertz CT molecular complexity index is 1540. The van der Waals surface area contributed by atoms with Crippen LogP contribution in [0.3, 0.4) is 0 Å². The van der Waals surface area contributed by atoms with Gasteiger partial charge in [-0.2, -0.15) is 0 Å². The summed E-state index contributed by atoms with van der Waals surface area (Å²) >= 11 is 6.08. The van der Waals surface area contributed by atoms with Crippen molar-refractivity contribution in [1.82, 2.24) is 0 Å². The number of nitrogens with one attached hydrogen (secondary N) is 1. The summed E-state index contributed by atoms with van der Waals surface area (Å²) in [4.78, 5) is 39.1. The summed E-state index contributed by atoms with van der Waals surface area (Å²) in [6.45, 7) is 4.37. The van der Waals surface area contributed by atoms with Crippen LogP contribution in [-0.2, 0) is 16.0 Å². The SMILES string of the molecule is C=CC(=O)N(CCCOc1ccc(C[C@H](Nc2ccccc2C(=O)c2ccccc2)C(=O)O)cc1)c1cccc(Cl)c1. The van der Waals surface area contributed by atoms with Gasteiger partial charge in [-0.15, -0.1) is 0 Å². The Kier molecular flexibility index (Phi) is 10.5. The zero-order valence-corrected chi connectivity index (χ0v) is 23.7. The molecule has 4 aromatic rings. The fourth-order valence-corrected chi connectivity index (χ4v) is 4.62. The van der Waals surface area contributed by atoms with Crippen LogP contribution in [0, 0.1) is 0 Å². The summed E-state index contributed by atoms with van der Waals surface area (Å²) in [7, 11) is 0. The van der Waals surface area contributed by atoms with Gasteiger partial charge in [-0.05, 0) is 60.5 Å². The first kappa shape index (κ1) is 30.1. The molecule has 4 aromatic carbocycles. The van der Waals surface area contributed by atoms with Crippen molar-refractivity contribution < 1.29 is 24.2 Å². The minimum absolute atomic E-state index is 0.186. The molecule has 0 aliphatic heterocycles. The predicted octanol–water partition coefficient (Wildman–Crippen LogP) is 6.67. The van der Waals surface area contributed by atoms with Crippen molar-refractivity contribution >= 4 is 40.6 Å². The highest BCUT2D eigenvalue weighted by molar-refractivity contribution is 6.31. The van der Waals surface area contributed by atoms with Crippen LogP contribution in [-0.4, -0.2) is 42.0 Å². The lowest BCUT2D eigenvalue weighted by atomic mass is 10.00. The maximum Gasteiger partial charge on any atom is 0.326 e. The molecular formula is C34H31ClN2O5. The first-order chi connectivity index (χ1) is 20.4. The monoisotopic (exact) mass is 582 g/mol. The molecular weight excluding hydrogens is 552 g/mol. The molecule has 0 saturated carbocycles. The summed E-state index contributed by atoms with van der Waals surface area (Å²) in [5.41, 5.74) is 2.87. The maximum atomic E-state index is 13.1. The third kappa shape index (κ3) is 8.08. The molecule has 0 bridgehead atoms. The summed E-state index contributed by atoms with van der Waals surface area (Å²) in [5.74, 6) is -0.818. The van der Waals surface area contributed by atoms with Crippen molar-refractivity contribution in [3.8, 4) is 5.75 Å². The minimum atomic E-state index is -1.03. The van der Waals surface area contributed by atoms with Gasteiger partial charge in [-0.1, -0.05) is 78.8 Å². The van der Waals surface area contributed by atoms with Crippen LogP contribution < -0.4 is 15.0 Å². The van der Waals surface area contributed by atoms with Crippen LogP contribution in [0.1, 0.15) is 27.9 Å². The Labute approximate surface area is 250 Å². The van der Waals surface area contributed by atoms with Gasteiger partial charge in [0.2, 0.25) is 5.91 Å². The van der Waals surface area contributed by atoms with Gasteiger partial charge in [0.15, 0.2) is 5.78 Å². The fourth-order valence-electron chi connectivity index (χ4n) is 4.43. The molecule has 4 rings (SSSR count). The van der Waals surface area contributed by atoms with E-state index >= 15 is 0 Å². The van der Waals surface area contributed by atoms with E-state index in [0.717, 1.165) is 5.56 Å². The molecule has 0 spiro atoms. The Balaban J connectivity index is 1.34. The molecule has 0 aromatic heterocycles. The third-order valence-electron chi connectivity index (χ3n) is 6.55. The first-order valence-electron chi connectivity index (χ1n) is 13.4. The normalized spacial score (nSPS) is 11.3. The topological polar surface area (TPSA) is 95.9 Å². The number of ether oxygens (including phenoxy) is 1. The Hall–Kier alpha value is -4.88. The Morgan fingerprint density at radius 1 is 0.929 bits per heavy atom. The summed E-state index contributed by atoms with van der Waals surface area (Å²) in [5, 5.41) is 13.5. The predicted molar refractivity (Wildman–Crippen MR) is 166 cm³/mol. The Morgan fingerprint density at radius 3 is 2.33 bits per heavy atom.